The number of hydrogen-bond donors (Lipinski definition) is 0. The molecule has 3 heteroatoms. The Bertz CT molecular complexity index is 232. The third kappa shape index (κ3) is 3.67. The maximum atomic E-state index is 11.3. The van der Waals surface area contributed by atoms with Crippen molar-refractivity contribution in [2.75, 3.05) is 20.2 Å². The average molecular weight is 211 g/mol. The van der Waals surface area contributed by atoms with Crippen LogP contribution in [0.1, 0.15) is 32.6 Å². The van der Waals surface area contributed by atoms with E-state index in [9.17, 15) is 4.79 Å². The lowest BCUT2D eigenvalue weighted by atomic mass is 10.2. The summed E-state index contributed by atoms with van der Waals surface area (Å²) in [7, 11) is 2.06. The van der Waals surface area contributed by atoms with Crippen molar-refractivity contribution in [3.8, 4) is 0 Å². The maximum absolute atomic E-state index is 11.3. The van der Waals surface area contributed by atoms with Crippen LogP contribution >= 0.6 is 0 Å². The van der Waals surface area contributed by atoms with E-state index in [2.05, 4.69) is 18.5 Å². The Morgan fingerprint density at radius 2 is 2.07 bits per heavy atom. The van der Waals surface area contributed by atoms with Crippen molar-refractivity contribution < 1.29 is 9.53 Å². The van der Waals surface area contributed by atoms with Crippen LogP contribution in [0.15, 0.2) is 12.2 Å². The molecule has 86 valence electrons. The number of esters is 1. The van der Waals surface area contributed by atoms with Crippen molar-refractivity contribution in [1.82, 2.24) is 4.90 Å². The first-order chi connectivity index (χ1) is 7.15. The van der Waals surface area contributed by atoms with Gasteiger partial charge in [-0.05, 0) is 26.8 Å². The molecule has 0 aliphatic heterocycles. The second-order valence-corrected chi connectivity index (χ2v) is 4.18. The zero-order chi connectivity index (χ0) is 11.3. The summed E-state index contributed by atoms with van der Waals surface area (Å²) in [4.78, 5) is 13.6. The van der Waals surface area contributed by atoms with Crippen molar-refractivity contribution >= 4 is 5.97 Å². The molecule has 0 aromatic carbocycles. The van der Waals surface area contributed by atoms with Crippen LogP contribution in [0, 0.1) is 0 Å². The predicted octanol–water partition coefficient (Wildman–Crippen LogP) is 1.98. The van der Waals surface area contributed by atoms with E-state index in [4.69, 9.17) is 4.74 Å². The highest BCUT2D eigenvalue weighted by atomic mass is 16.5. The SMILES string of the molecule is C=C(CN(C)C1CCCC1)C(=O)OCC. The predicted molar refractivity (Wildman–Crippen MR) is 60.7 cm³/mol. The molecule has 0 unspecified atom stereocenters. The largest absolute Gasteiger partial charge is 0.463 e. The topological polar surface area (TPSA) is 29.5 Å². The van der Waals surface area contributed by atoms with Gasteiger partial charge in [0.15, 0.2) is 0 Å². The van der Waals surface area contributed by atoms with Gasteiger partial charge in [-0.1, -0.05) is 19.4 Å². The second-order valence-electron chi connectivity index (χ2n) is 4.18. The van der Waals surface area contributed by atoms with Crippen molar-refractivity contribution in [3.63, 3.8) is 0 Å². The normalized spacial score (nSPS) is 17.0. The minimum absolute atomic E-state index is 0.262. The van der Waals surface area contributed by atoms with Gasteiger partial charge >= 0.3 is 5.97 Å². The number of hydrogen-bond acceptors (Lipinski definition) is 3. The number of ether oxygens (including phenoxy) is 1. The fourth-order valence-electron chi connectivity index (χ4n) is 2.07. The molecule has 0 amide bonds. The summed E-state index contributed by atoms with van der Waals surface area (Å²) in [6, 6.07) is 0.621. The van der Waals surface area contributed by atoms with Gasteiger partial charge in [-0.3, -0.25) is 4.90 Å². The summed E-state index contributed by atoms with van der Waals surface area (Å²) < 4.78 is 4.90. The van der Waals surface area contributed by atoms with Crippen molar-refractivity contribution in [2.24, 2.45) is 0 Å². The van der Waals surface area contributed by atoms with E-state index in [1.54, 1.807) is 0 Å². The minimum Gasteiger partial charge on any atom is -0.463 e. The monoisotopic (exact) mass is 211 g/mol. The lowest BCUT2D eigenvalue weighted by molar-refractivity contribution is -0.138. The fourth-order valence-corrected chi connectivity index (χ4v) is 2.07. The summed E-state index contributed by atoms with van der Waals surface area (Å²) in [5.41, 5.74) is 0.561. The number of rotatable bonds is 5. The molecule has 0 spiro atoms. The van der Waals surface area contributed by atoms with Gasteiger partial charge in [-0.15, -0.1) is 0 Å². The van der Waals surface area contributed by atoms with Gasteiger partial charge < -0.3 is 4.74 Å². The number of nitrogens with zero attached hydrogens (tertiary/aromatic N) is 1. The molecule has 1 rings (SSSR count). The van der Waals surface area contributed by atoms with Crippen LogP contribution in [0.2, 0.25) is 0 Å². The van der Waals surface area contributed by atoms with E-state index in [1.807, 2.05) is 6.92 Å². The third-order valence-electron chi connectivity index (χ3n) is 2.95. The summed E-state index contributed by atoms with van der Waals surface area (Å²) in [5.74, 6) is -0.262. The molecular formula is C12H21NO2. The molecule has 0 atom stereocenters. The molecule has 0 aromatic rings. The molecule has 0 heterocycles. The number of likely N-dealkylation sites (N-methyl/N-ethyl adjacent to an activating group) is 1. The van der Waals surface area contributed by atoms with Crippen LogP contribution in [0.3, 0.4) is 0 Å². The van der Waals surface area contributed by atoms with Gasteiger partial charge in [0, 0.05) is 18.2 Å². The van der Waals surface area contributed by atoms with E-state index < -0.39 is 0 Å². The Kier molecular flexibility index (Phi) is 4.82. The van der Waals surface area contributed by atoms with Gasteiger partial charge in [0.1, 0.15) is 0 Å². The van der Waals surface area contributed by atoms with E-state index >= 15 is 0 Å². The van der Waals surface area contributed by atoms with Gasteiger partial charge in [0.25, 0.3) is 0 Å². The van der Waals surface area contributed by atoms with Crippen molar-refractivity contribution in [1.29, 1.82) is 0 Å². The van der Waals surface area contributed by atoms with E-state index in [0.29, 0.717) is 24.8 Å². The minimum atomic E-state index is -0.262. The summed E-state index contributed by atoms with van der Waals surface area (Å²) in [6.07, 6.45) is 5.10. The van der Waals surface area contributed by atoms with Crippen LogP contribution < -0.4 is 0 Å². The quantitative estimate of drug-likeness (QED) is 0.514. The summed E-state index contributed by atoms with van der Waals surface area (Å²) >= 11 is 0. The molecule has 15 heavy (non-hydrogen) atoms. The van der Waals surface area contributed by atoms with Crippen LogP contribution in [0.25, 0.3) is 0 Å². The highest BCUT2D eigenvalue weighted by Gasteiger charge is 2.21. The molecule has 0 radical (unpaired) electrons. The molecule has 0 aromatic heterocycles. The zero-order valence-electron chi connectivity index (χ0n) is 9.79. The van der Waals surface area contributed by atoms with Gasteiger partial charge in [0.2, 0.25) is 0 Å². The molecule has 1 aliphatic rings. The Morgan fingerprint density at radius 1 is 1.47 bits per heavy atom. The Morgan fingerprint density at radius 3 is 2.60 bits per heavy atom. The maximum Gasteiger partial charge on any atom is 0.334 e. The lowest BCUT2D eigenvalue weighted by Gasteiger charge is -2.24. The third-order valence-corrected chi connectivity index (χ3v) is 2.95. The van der Waals surface area contributed by atoms with E-state index in [-0.39, 0.29) is 5.97 Å². The molecular weight excluding hydrogens is 190 g/mol. The summed E-state index contributed by atoms with van der Waals surface area (Å²) in [6.45, 7) is 6.63. The van der Waals surface area contributed by atoms with Crippen LogP contribution in [-0.4, -0.2) is 37.1 Å². The first kappa shape index (κ1) is 12.2. The number of carbonyl (C=O) groups excluding carboxylic acids is 1. The van der Waals surface area contributed by atoms with Gasteiger partial charge in [0.05, 0.1) is 6.61 Å². The smallest absolute Gasteiger partial charge is 0.334 e. The molecule has 0 bridgehead atoms. The van der Waals surface area contributed by atoms with Crippen LogP contribution in [0.4, 0.5) is 0 Å². The van der Waals surface area contributed by atoms with Crippen molar-refractivity contribution in [3.05, 3.63) is 12.2 Å². The van der Waals surface area contributed by atoms with Crippen molar-refractivity contribution in [2.45, 2.75) is 38.6 Å². The Labute approximate surface area is 92.1 Å². The molecule has 1 aliphatic carbocycles. The average Bonchev–Trinajstić information content (AvgIpc) is 2.70. The van der Waals surface area contributed by atoms with E-state index in [0.717, 1.165) is 0 Å². The van der Waals surface area contributed by atoms with Crippen LogP contribution in [-0.2, 0) is 9.53 Å². The second kappa shape index (κ2) is 5.91. The van der Waals surface area contributed by atoms with Crippen LogP contribution in [0.5, 0.6) is 0 Å². The number of carbonyl (C=O) groups is 1. The Balaban J connectivity index is 2.33. The van der Waals surface area contributed by atoms with E-state index in [1.165, 1.54) is 25.7 Å². The molecule has 1 saturated carbocycles. The fraction of sp³-hybridized carbons (Fsp3) is 0.750. The molecule has 0 saturated heterocycles. The van der Waals surface area contributed by atoms with Gasteiger partial charge in [-0.25, -0.2) is 4.79 Å². The molecule has 1 fully saturated rings. The standard InChI is InChI=1S/C12H21NO2/c1-4-15-12(14)10(2)9-13(3)11-7-5-6-8-11/h11H,2,4-9H2,1,3H3. The molecule has 0 N–H and O–H groups in total. The zero-order valence-corrected chi connectivity index (χ0v) is 9.79. The first-order valence-electron chi connectivity index (χ1n) is 5.70. The lowest BCUT2D eigenvalue weighted by Crippen LogP contribution is -2.32. The highest BCUT2D eigenvalue weighted by molar-refractivity contribution is 5.88. The first-order valence-corrected chi connectivity index (χ1v) is 5.70. The Hall–Kier alpha value is -0.830. The molecule has 3 nitrogen and oxygen atoms in total. The highest BCUT2D eigenvalue weighted by Crippen LogP contribution is 2.22. The summed E-state index contributed by atoms with van der Waals surface area (Å²) in [5, 5.41) is 0. The van der Waals surface area contributed by atoms with Gasteiger partial charge in [-0.2, -0.15) is 0 Å².